The number of nitrogens with zero attached hydrogens (tertiary/aromatic N) is 1. The largest absolute Gasteiger partial charge is 0.396 e. The molecular formula is C13H18N4O2S. The van der Waals surface area contributed by atoms with Gasteiger partial charge in [0.05, 0.1) is 17.4 Å². The van der Waals surface area contributed by atoms with E-state index in [0.29, 0.717) is 22.3 Å². The lowest BCUT2D eigenvalue weighted by molar-refractivity contribution is 0.0900. The first-order valence-corrected chi connectivity index (χ1v) is 7.37. The van der Waals surface area contributed by atoms with Crippen molar-refractivity contribution in [3.63, 3.8) is 0 Å². The lowest BCUT2D eigenvalue weighted by Gasteiger charge is -2.17. The van der Waals surface area contributed by atoms with Crippen LogP contribution < -0.4 is 16.8 Å². The van der Waals surface area contributed by atoms with Crippen LogP contribution in [0.25, 0.3) is 0 Å². The fourth-order valence-electron chi connectivity index (χ4n) is 2.50. The van der Waals surface area contributed by atoms with Crippen molar-refractivity contribution >= 4 is 27.9 Å². The van der Waals surface area contributed by atoms with Gasteiger partial charge >= 0.3 is 0 Å². The Morgan fingerprint density at radius 3 is 3.00 bits per heavy atom. The molecule has 1 amide bonds. The maximum atomic E-state index is 11.5. The fraction of sp³-hybridized carbons (Fsp3) is 0.538. The number of nitrogens with two attached hydrogens (primary N) is 2. The Kier molecular flexibility index (Phi) is 4.47. The number of ether oxygens (including phenoxy) is 1. The average molecular weight is 294 g/mol. The maximum Gasteiger partial charge on any atom is 0.253 e. The molecule has 0 bridgehead atoms. The number of carbonyl (C=O) groups is 1. The van der Waals surface area contributed by atoms with Crippen LogP contribution in [0.5, 0.6) is 0 Å². The Morgan fingerprint density at radius 1 is 1.65 bits per heavy atom. The van der Waals surface area contributed by atoms with Crippen LogP contribution in [0, 0.1) is 17.2 Å². The second-order valence-corrected chi connectivity index (χ2v) is 5.79. The molecule has 2 heterocycles. The van der Waals surface area contributed by atoms with E-state index in [4.69, 9.17) is 21.5 Å². The van der Waals surface area contributed by atoms with E-state index < -0.39 is 5.91 Å². The van der Waals surface area contributed by atoms with Crippen LogP contribution in [0.4, 0.5) is 10.7 Å². The predicted octanol–water partition coefficient (Wildman–Crippen LogP) is 1.53. The number of hydrogen-bond donors (Lipinski definition) is 3. The van der Waals surface area contributed by atoms with Gasteiger partial charge in [0.1, 0.15) is 15.9 Å². The molecule has 1 aromatic heterocycles. The number of anilines is 2. The Bertz CT molecular complexity index is 549. The van der Waals surface area contributed by atoms with E-state index in [0.717, 1.165) is 19.4 Å². The summed E-state index contributed by atoms with van der Waals surface area (Å²) >= 11 is 1.17. The van der Waals surface area contributed by atoms with Crippen LogP contribution in [0.15, 0.2) is 0 Å². The molecule has 0 radical (unpaired) electrons. The zero-order valence-corrected chi connectivity index (χ0v) is 12.1. The topological polar surface area (TPSA) is 114 Å². The van der Waals surface area contributed by atoms with Gasteiger partial charge in [-0.15, -0.1) is 11.3 Å². The van der Waals surface area contributed by atoms with Gasteiger partial charge in [-0.25, -0.2) is 0 Å². The molecule has 0 aliphatic carbocycles. The summed E-state index contributed by atoms with van der Waals surface area (Å²) in [6.45, 7) is 3.54. The van der Waals surface area contributed by atoms with Crippen LogP contribution in [0.3, 0.4) is 0 Å². The van der Waals surface area contributed by atoms with Gasteiger partial charge in [-0.1, -0.05) is 6.92 Å². The lowest BCUT2D eigenvalue weighted by Crippen LogP contribution is -2.23. The van der Waals surface area contributed by atoms with Crippen molar-refractivity contribution in [1.29, 1.82) is 5.26 Å². The molecule has 0 saturated carbocycles. The van der Waals surface area contributed by atoms with E-state index in [1.807, 2.05) is 6.07 Å². The van der Waals surface area contributed by atoms with Gasteiger partial charge in [-0.05, 0) is 12.8 Å². The monoisotopic (exact) mass is 294 g/mol. The molecule has 1 fully saturated rings. The molecule has 2 unspecified atom stereocenters. The van der Waals surface area contributed by atoms with Crippen LogP contribution in [-0.4, -0.2) is 25.2 Å². The molecule has 5 N–H and O–H groups in total. The molecule has 0 spiro atoms. The Hall–Kier alpha value is -1.78. The van der Waals surface area contributed by atoms with Crippen molar-refractivity contribution in [2.24, 2.45) is 11.7 Å². The van der Waals surface area contributed by atoms with Gasteiger partial charge in [0, 0.05) is 19.1 Å². The van der Waals surface area contributed by atoms with Crippen molar-refractivity contribution in [2.75, 3.05) is 24.2 Å². The van der Waals surface area contributed by atoms with Gasteiger partial charge in [-0.2, -0.15) is 5.26 Å². The predicted molar refractivity (Wildman–Crippen MR) is 78.6 cm³/mol. The summed E-state index contributed by atoms with van der Waals surface area (Å²) in [7, 11) is 0. The second-order valence-electron chi connectivity index (χ2n) is 4.77. The Balaban J connectivity index is 2.13. The minimum atomic E-state index is -0.613. The first-order valence-electron chi connectivity index (χ1n) is 6.56. The quantitative estimate of drug-likeness (QED) is 0.762. The standard InChI is InChI=1S/C13H18N4O2S/c1-2-8-7(3-4-19-8)6-17-13-10(12(16)18)11(15)9(5-14)20-13/h7-8,17H,2-4,6,15H2,1H3,(H2,16,18). The summed E-state index contributed by atoms with van der Waals surface area (Å²) in [4.78, 5) is 11.8. The summed E-state index contributed by atoms with van der Waals surface area (Å²) in [5, 5.41) is 12.8. The normalized spacial score (nSPS) is 21.6. The number of nitrogens with one attached hydrogen (secondary N) is 1. The average Bonchev–Trinajstić information content (AvgIpc) is 2.99. The maximum absolute atomic E-state index is 11.5. The third-order valence-corrected chi connectivity index (χ3v) is 4.63. The SMILES string of the molecule is CCC1OCCC1CNc1sc(C#N)c(N)c1C(N)=O. The Labute approximate surface area is 121 Å². The second kappa shape index (κ2) is 6.11. The van der Waals surface area contributed by atoms with E-state index in [9.17, 15) is 4.79 Å². The minimum absolute atomic E-state index is 0.169. The number of carbonyl (C=O) groups excluding carboxylic acids is 1. The molecule has 0 aromatic carbocycles. The molecule has 1 aliphatic rings. The first-order chi connectivity index (χ1) is 9.58. The minimum Gasteiger partial charge on any atom is -0.396 e. The number of nitriles is 1. The molecule has 1 saturated heterocycles. The number of primary amides is 1. The number of nitrogen functional groups attached to an aromatic ring is 1. The van der Waals surface area contributed by atoms with E-state index >= 15 is 0 Å². The molecular weight excluding hydrogens is 276 g/mol. The van der Waals surface area contributed by atoms with Crippen LogP contribution in [-0.2, 0) is 4.74 Å². The molecule has 1 aliphatic heterocycles. The molecule has 6 nitrogen and oxygen atoms in total. The lowest BCUT2D eigenvalue weighted by atomic mass is 10.00. The van der Waals surface area contributed by atoms with Gasteiger partial charge in [0.15, 0.2) is 0 Å². The zero-order chi connectivity index (χ0) is 14.7. The van der Waals surface area contributed by atoms with Crippen molar-refractivity contribution in [1.82, 2.24) is 0 Å². The van der Waals surface area contributed by atoms with Crippen molar-refractivity contribution in [3.05, 3.63) is 10.4 Å². The summed E-state index contributed by atoms with van der Waals surface area (Å²) < 4.78 is 5.63. The number of amides is 1. The summed E-state index contributed by atoms with van der Waals surface area (Å²) in [5.41, 5.74) is 11.5. The first kappa shape index (κ1) is 14.6. The summed E-state index contributed by atoms with van der Waals surface area (Å²) in [6, 6.07) is 1.98. The van der Waals surface area contributed by atoms with Crippen LogP contribution in [0.1, 0.15) is 35.0 Å². The molecule has 20 heavy (non-hydrogen) atoms. The fourth-order valence-corrected chi connectivity index (χ4v) is 3.43. The van der Waals surface area contributed by atoms with E-state index in [2.05, 4.69) is 12.2 Å². The highest BCUT2D eigenvalue weighted by Gasteiger charge is 2.27. The summed E-state index contributed by atoms with van der Waals surface area (Å²) in [5.74, 6) is -0.216. The zero-order valence-electron chi connectivity index (χ0n) is 11.3. The highest BCUT2D eigenvalue weighted by atomic mass is 32.1. The van der Waals surface area contributed by atoms with Crippen molar-refractivity contribution in [2.45, 2.75) is 25.9 Å². The highest BCUT2D eigenvalue weighted by molar-refractivity contribution is 7.17. The van der Waals surface area contributed by atoms with E-state index in [-0.39, 0.29) is 17.4 Å². The smallest absolute Gasteiger partial charge is 0.253 e. The number of hydrogen-bond acceptors (Lipinski definition) is 6. The number of thiophene rings is 1. The summed E-state index contributed by atoms with van der Waals surface area (Å²) in [6.07, 6.45) is 2.20. The van der Waals surface area contributed by atoms with Gasteiger partial charge < -0.3 is 21.5 Å². The third kappa shape index (κ3) is 2.71. The third-order valence-electron chi connectivity index (χ3n) is 3.57. The molecule has 2 atom stereocenters. The molecule has 7 heteroatoms. The molecule has 1 aromatic rings. The Morgan fingerprint density at radius 2 is 2.40 bits per heavy atom. The molecule has 2 rings (SSSR count). The number of rotatable bonds is 5. The highest BCUT2D eigenvalue weighted by Crippen LogP contribution is 2.35. The van der Waals surface area contributed by atoms with Crippen molar-refractivity contribution < 1.29 is 9.53 Å². The van der Waals surface area contributed by atoms with E-state index in [1.54, 1.807) is 0 Å². The van der Waals surface area contributed by atoms with Crippen LogP contribution in [0.2, 0.25) is 0 Å². The molecule has 108 valence electrons. The van der Waals surface area contributed by atoms with Crippen LogP contribution >= 0.6 is 11.3 Å². The van der Waals surface area contributed by atoms with Gasteiger partial charge in [0.25, 0.3) is 5.91 Å². The van der Waals surface area contributed by atoms with E-state index in [1.165, 1.54) is 11.3 Å². The van der Waals surface area contributed by atoms with Gasteiger partial charge in [0.2, 0.25) is 0 Å². The van der Waals surface area contributed by atoms with Gasteiger partial charge in [-0.3, -0.25) is 4.79 Å². The van der Waals surface area contributed by atoms with Crippen molar-refractivity contribution in [3.8, 4) is 6.07 Å².